The monoisotopic (exact) mass is 649 g/mol. The molecule has 12 heteroatoms. The van der Waals surface area contributed by atoms with E-state index < -0.39 is 11.2 Å². The Kier molecular flexibility index (Phi) is 15.2. The number of likely N-dealkylation sites (tertiary alicyclic amines) is 2. The number of carbonyl (C=O) groups is 2. The predicted molar refractivity (Wildman–Crippen MR) is 182 cm³/mol. The lowest BCUT2D eigenvalue weighted by atomic mass is 9.83. The zero-order chi connectivity index (χ0) is 33.7. The number of hydrogen-bond acceptors (Lipinski definition) is 8. The molecular formula is C34H64N8O4. The first-order valence-electron chi connectivity index (χ1n) is 18.0. The van der Waals surface area contributed by atoms with E-state index in [1.165, 1.54) is 38.5 Å². The highest BCUT2D eigenvalue weighted by Crippen LogP contribution is 2.27. The number of azide groups is 1. The maximum absolute atomic E-state index is 12.1. The maximum atomic E-state index is 12.1. The van der Waals surface area contributed by atoms with Crippen molar-refractivity contribution >= 4 is 12.2 Å². The predicted octanol–water partition coefficient (Wildman–Crippen LogP) is 6.34. The van der Waals surface area contributed by atoms with E-state index in [-0.39, 0.29) is 12.2 Å². The molecule has 0 aromatic rings. The summed E-state index contributed by atoms with van der Waals surface area (Å²) in [4.78, 5) is 30.7. The molecule has 0 spiro atoms. The average molecular weight is 649 g/mol. The molecule has 2 saturated carbocycles. The number of rotatable bonds is 7. The Bertz CT molecular complexity index is 977. The number of hydrogen-bond donors (Lipinski definition) is 3. The van der Waals surface area contributed by atoms with Crippen LogP contribution in [0.25, 0.3) is 10.4 Å². The van der Waals surface area contributed by atoms with E-state index >= 15 is 0 Å². The lowest BCUT2D eigenvalue weighted by Gasteiger charge is -2.38. The van der Waals surface area contributed by atoms with Gasteiger partial charge in [-0.05, 0) is 117 Å². The number of amides is 2. The van der Waals surface area contributed by atoms with Gasteiger partial charge >= 0.3 is 12.2 Å². The molecule has 46 heavy (non-hydrogen) atoms. The molecule has 4 rings (SSSR count). The van der Waals surface area contributed by atoms with Crippen molar-refractivity contribution in [2.45, 2.75) is 154 Å². The third-order valence-corrected chi connectivity index (χ3v) is 9.69. The van der Waals surface area contributed by atoms with Crippen molar-refractivity contribution in [1.82, 2.24) is 20.4 Å². The van der Waals surface area contributed by atoms with E-state index in [1.807, 2.05) is 51.3 Å². The molecule has 2 aliphatic heterocycles. The summed E-state index contributed by atoms with van der Waals surface area (Å²) in [6.07, 6.45) is 13.4. The van der Waals surface area contributed by atoms with Crippen molar-refractivity contribution in [2.24, 2.45) is 22.7 Å². The van der Waals surface area contributed by atoms with Crippen LogP contribution in [0.2, 0.25) is 0 Å². The molecule has 0 aromatic carbocycles. The van der Waals surface area contributed by atoms with Crippen molar-refractivity contribution < 1.29 is 19.1 Å². The van der Waals surface area contributed by atoms with Crippen molar-refractivity contribution in [3.05, 3.63) is 10.4 Å². The van der Waals surface area contributed by atoms with E-state index in [1.54, 1.807) is 0 Å². The molecule has 2 heterocycles. The van der Waals surface area contributed by atoms with Crippen LogP contribution >= 0.6 is 0 Å². The molecule has 4 aliphatic rings. The fourth-order valence-electron chi connectivity index (χ4n) is 7.21. The van der Waals surface area contributed by atoms with Crippen LogP contribution in [0.15, 0.2) is 5.11 Å². The van der Waals surface area contributed by atoms with Gasteiger partial charge in [-0.15, -0.1) is 0 Å². The molecule has 0 radical (unpaired) electrons. The van der Waals surface area contributed by atoms with Gasteiger partial charge in [0.1, 0.15) is 11.2 Å². The Labute approximate surface area is 277 Å². The molecule has 0 aromatic heterocycles. The second-order valence-electron chi connectivity index (χ2n) is 15.8. The number of ether oxygens (including phenoxy) is 2. The summed E-state index contributed by atoms with van der Waals surface area (Å²) in [5, 5.41) is 11.3. The zero-order valence-electron chi connectivity index (χ0n) is 29.6. The SMILES string of the molecule is CC(C)(C)OC(=O)N1CCC(N[C@H]2CCCC[C@@H]2CN)CC1.CC(C)(C)OC(=O)N1CCC(N[C@H]2CCCC[C@@H]2CN=[N+]=[N-])CC1. The van der Waals surface area contributed by atoms with Gasteiger partial charge in [0.25, 0.3) is 0 Å². The number of nitrogens with one attached hydrogen (secondary N) is 2. The molecule has 2 saturated heterocycles. The van der Waals surface area contributed by atoms with Crippen molar-refractivity contribution in [2.75, 3.05) is 39.3 Å². The second-order valence-corrected chi connectivity index (χ2v) is 15.8. The van der Waals surface area contributed by atoms with Crippen LogP contribution in [0.3, 0.4) is 0 Å². The Morgan fingerprint density at radius 1 is 0.717 bits per heavy atom. The minimum absolute atomic E-state index is 0.177. The summed E-state index contributed by atoms with van der Waals surface area (Å²) >= 11 is 0. The van der Waals surface area contributed by atoms with Gasteiger partial charge < -0.3 is 35.6 Å². The van der Waals surface area contributed by atoms with E-state index in [0.29, 0.717) is 42.5 Å². The van der Waals surface area contributed by atoms with Gasteiger partial charge in [0.05, 0.1) is 0 Å². The van der Waals surface area contributed by atoms with Gasteiger partial charge in [-0.2, -0.15) is 0 Å². The lowest BCUT2D eigenvalue weighted by molar-refractivity contribution is 0.0181. The molecule has 0 unspecified atom stereocenters. The Morgan fingerprint density at radius 2 is 1.11 bits per heavy atom. The minimum Gasteiger partial charge on any atom is -0.444 e. The van der Waals surface area contributed by atoms with Crippen LogP contribution in [-0.2, 0) is 9.47 Å². The summed E-state index contributed by atoms with van der Waals surface area (Å²) < 4.78 is 10.9. The van der Waals surface area contributed by atoms with Crippen LogP contribution in [0.5, 0.6) is 0 Å². The highest BCUT2D eigenvalue weighted by molar-refractivity contribution is 5.68. The number of carbonyl (C=O) groups excluding carboxylic acids is 2. The standard InChI is InChI=1S/C17H31N5O2.C17H33N3O2/c1-17(2,3)24-16(23)22-10-8-14(9-11-22)20-15-7-5-4-6-13(15)12-19-21-18;1-17(2,3)22-16(21)20-10-8-14(9-11-20)19-15-7-5-4-6-13(15)12-18/h13-15,20H,4-12H2,1-3H3;13-15,19H,4-12,18H2,1-3H3/t2*13-,15+/m11/s1. The summed E-state index contributed by atoms with van der Waals surface area (Å²) in [7, 11) is 0. The molecule has 2 amide bonds. The van der Waals surface area contributed by atoms with Crippen molar-refractivity contribution in [3.8, 4) is 0 Å². The largest absolute Gasteiger partial charge is 0.444 e. The van der Waals surface area contributed by atoms with Gasteiger partial charge in [0.15, 0.2) is 0 Å². The second kappa shape index (κ2) is 18.3. The van der Waals surface area contributed by atoms with Gasteiger partial charge in [0, 0.05) is 61.8 Å². The van der Waals surface area contributed by atoms with E-state index in [0.717, 1.165) is 71.2 Å². The average Bonchev–Trinajstić information content (AvgIpc) is 3.00. The summed E-state index contributed by atoms with van der Waals surface area (Å²) in [5.41, 5.74) is 13.6. The first-order chi connectivity index (χ1) is 21.8. The number of nitrogens with zero attached hydrogens (tertiary/aromatic N) is 5. The van der Waals surface area contributed by atoms with Crippen LogP contribution < -0.4 is 16.4 Å². The highest BCUT2D eigenvalue weighted by atomic mass is 16.6. The van der Waals surface area contributed by atoms with Gasteiger partial charge in [-0.1, -0.05) is 30.8 Å². The Hall–Kier alpha value is -2.27. The molecule has 4 fully saturated rings. The third kappa shape index (κ3) is 13.5. The van der Waals surface area contributed by atoms with Crippen LogP contribution in [0.4, 0.5) is 9.59 Å². The molecule has 4 N–H and O–H groups in total. The fraction of sp³-hybridized carbons (Fsp3) is 0.941. The third-order valence-electron chi connectivity index (χ3n) is 9.69. The van der Waals surface area contributed by atoms with E-state index in [9.17, 15) is 9.59 Å². The van der Waals surface area contributed by atoms with Crippen LogP contribution in [0, 0.1) is 11.8 Å². The fourth-order valence-corrected chi connectivity index (χ4v) is 7.21. The minimum atomic E-state index is -0.442. The molecule has 4 atom stereocenters. The normalized spacial score (nSPS) is 26.8. The van der Waals surface area contributed by atoms with Crippen molar-refractivity contribution in [1.29, 1.82) is 0 Å². The lowest BCUT2D eigenvalue weighted by Crippen LogP contribution is -2.51. The number of piperidine rings is 2. The van der Waals surface area contributed by atoms with Gasteiger partial charge in [-0.25, -0.2) is 9.59 Å². The topological polar surface area (TPSA) is 158 Å². The Morgan fingerprint density at radius 3 is 1.50 bits per heavy atom. The molecule has 264 valence electrons. The summed E-state index contributed by atoms with van der Waals surface area (Å²) in [5.74, 6) is 1.07. The van der Waals surface area contributed by atoms with Gasteiger partial charge in [0.2, 0.25) is 0 Å². The Balaban J connectivity index is 0.000000251. The van der Waals surface area contributed by atoms with Crippen molar-refractivity contribution in [3.63, 3.8) is 0 Å². The zero-order valence-corrected chi connectivity index (χ0v) is 29.6. The molecule has 2 aliphatic carbocycles. The number of nitrogens with two attached hydrogens (primary N) is 1. The van der Waals surface area contributed by atoms with Gasteiger partial charge in [-0.3, -0.25) is 0 Å². The first kappa shape index (κ1) is 38.2. The summed E-state index contributed by atoms with van der Waals surface area (Å²) in [6, 6.07) is 1.94. The van der Waals surface area contributed by atoms with Crippen LogP contribution in [-0.4, -0.2) is 96.6 Å². The highest BCUT2D eigenvalue weighted by Gasteiger charge is 2.32. The summed E-state index contributed by atoms with van der Waals surface area (Å²) in [6.45, 7) is 15.8. The molecule has 12 nitrogen and oxygen atoms in total. The smallest absolute Gasteiger partial charge is 0.410 e. The van der Waals surface area contributed by atoms with E-state index in [4.69, 9.17) is 20.7 Å². The maximum Gasteiger partial charge on any atom is 0.410 e. The molecular weight excluding hydrogens is 584 g/mol. The first-order valence-corrected chi connectivity index (χ1v) is 18.0. The van der Waals surface area contributed by atoms with E-state index in [2.05, 4.69) is 20.7 Å². The molecule has 0 bridgehead atoms. The van der Waals surface area contributed by atoms with Crippen LogP contribution in [0.1, 0.15) is 119 Å². The quantitative estimate of drug-likeness (QED) is 0.165.